The Bertz CT molecular complexity index is 506. The quantitative estimate of drug-likeness (QED) is 0.499. The molecular formula is C11H10F2N2O2. The summed E-state index contributed by atoms with van der Waals surface area (Å²) in [5.41, 5.74) is -0.640. The maximum Gasteiger partial charge on any atom is 0.186 e. The van der Waals surface area contributed by atoms with Crippen molar-refractivity contribution in [2.75, 3.05) is 0 Å². The van der Waals surface area contributed by atoms with Gasteiger partial charge in [-0.3, -0.25) is 4.79 Å². The number of carbonyl (C=O) groups excluding carboxylic acids is 1. The van der Waals surface area contributed by atoms with E-state index >= 15 is 0 Å². The summed E-state index contributed by atoms with van der Waals surface area (Å²) in [6.45, 7) is 2.42. The number of hydrogen-bond acceptors (Lipinski definition) is 4. The zero-order valence-corrected chi connectivity index (χ0v) is 9.24. The third kappa shape index (κ3) is 3.17. The van der Waals surface area contributed by atoms with Crippen LogP contribution in [0, 0.1) is 11.6 Å². The minimum Gasteiger partial charge on any atom is -0.510 e. The first kappa shape index (κ1) is 13.0. The van der Waals surface area contributed by atoms with Gasteiger partial charge in [0.05, 0.1) is 0 Å². The van der Waals surface area contributed by atoms with Crippen LogP contribution in [0.3, 0.4) is 0 Å². The van der Waals surface area contributed by atoms with E-state index in [-0.39, 0.29) is 17.1 Å². The number of aliphatic hydroxyl groups is 1. The van der Waals surface area contributed by atoms with Crippen molar-refractivity contribution in [3.05, 3.63) is 41.3 Å². The lowest BCUT2D eigenvalue weighted by Crippen LogP contribution is -1.96. The molecule has 1 aromatic rings. The van der Waals surface area contributed by atoms with Crippen LogP contribution in [0.4, 0.5) is 14.5 Å². The summed E-state index contributed by atoms with van der Waals surface area (Å²) in [6, 6.07) is 3.40. The zero-order valence-electron chi connectivity index (χ0n) is 9.24. The summed E-state index contributed by atoms with van der Waals surface area (Å²) >= 11 is 0. The van der Waals surface area contributed by atoms with Gasteiger partial charge in [0.2, 0.25) is 0 Å². The summed E-state index contributed by atoms with van der Waals surface area (Å²) in [7, 11) is 0. The Morgan fingerprint density at radius 2 is 1.94 bits per heavy atom. The standard InChI is InChI=1S/C11H10F2N2O2/c1-6(16)11(7(2)17)15-14-9-5-3-4-8(12)10(9)13/h3-5,16H,1-2H3/b11-6+,15-14?. The Labute approximate surface area is 96.3 Å². The molecule has 0 saturated heterocycles. The maximum absolute atomic E-state index is 13.2. The second kappa shape index (κ2) is 5.29. The Hall–Kier alpha value is -2.11. The van der Waals surface area contributed by atoms with E-state index in [2.05, 4.69) is 10.2 Å². The number of allylic oxidation sites excluding steroid dienone is 2. The van der Waals surface area contributed by atoms with Gasteiger partial charge in [0.15, 0.2) is 23.1 Å². The molecule has 0 aromatic heterocycles. The third-order valence-electron chi connectivity index (χ3n) is 1.87. The minimum atomic E-state index is -1.16. The van der Waals surface area contributed by atoms with Gasteiger partial charge < -0.3 is 5.11 Å². The van der Waals surface area contributed by atoms with Crippen molar-refractivity contribution in [1.29, 1.82) is 0 Å². The first-order chi connectivity index (χ1) is 7.93. The highest BCUT2D eigenvalue weighted by Gasteiger charge is 2.09. The number of halogens is 2. The highest BCUT2D eigenvalue weighted by Crippen LogP contribution is 2.21. The summed E-state index contributed by atoms with van der Waals surface area (Å²) in [5, 5.41) is 15.9. The number of hydrogen-bond donors (Lipinski definition) is 1. The van der Waals surface area contributed by atoms with Gasteiger partial charge in [-0.15, -0.1) is 10.2 Å². The average molecular weight is 240 g/mol. The van der Waals surface area contributed by atoms with Crippen molar-refractivity contribution >= 4 is 11.5 Å². The summed E-state index contributed by atoms with van der Waals surface area (Å²) in [5.74, 6) is -3.08. The van der Waals surface area contributed by atoms with Gasteiger partial charge in [-0.2, -0.15) is 0 Å². The van der Waals surface area contributed by atoms with E-state index in [4.69, 9.17) is 5.11 Å². The molecule has 0 aliphatic rings. The fourth-order valence-electron chi connectivity index (χ4n) is 1.07. The molecule has 0 aliphatic heterocycles. The Kier molecular flexibility index (Phi) is 4.03. The van der Waals surface area contributed by atoms with Crippen molar-refractivity contribution in [1.82, 2.24) is 0 Å². The molecule has 0 radical (unpaired) electrons. The smallest absolute Gasteiger partial charge is 0.186 e. The molecule has 0 bridgehead atoms. The third-order valence-corrected chi connectivity index (χ3v) is 1.87. The van der Waals surface area contributed by atoms with Crippen LogP contribution in [0.25, 0.3) is 0 Å². The van der Waals surface area contributed by atoms with E-state index in [1.807, 2.05) is 0 Å². The van der Waals surface area contributed by atoms with Crippen LogP contribution in [-0.2, 0) is 4.79 Å². The fourth-order valence-corrected chi connectivity index (χ4v) is 1.07. The number of Topliss-reactive ketones (excluding diaryl/α,β-unsaturated/α-hetero) is 1. The number of nitrogens with zero attached hydrogens (tertiary/aromatic N) is 2. The van der Waals surface area contributed by atoms with Gasteiger partial charge in [0, 0.05) is 6.92 Å². The van der Waals surface area contributed by atoms with Crippen molar-refractivity contribution in [3.8, 4) is 0 Å². The monoisotopic (exact) mass is 240 g/mol. The van der Waals surface area contributed by atoms with E-state index in [0.717, 1.165) is 6.07 Å². The number of ketones is 1. The van der Waals surface area contributed by atoms with Crippen LogP contribution in [0.2, 0.25) is 0 Å². The van der Waals surface area contributed by atoms with E-state index in [1.165, 1.54) is 26.0 Å². The Morgan fingerprint density at radius 3 is 2.47 bits per heavy atom. The van der Waals surface area contributed by atoms with Crippen LogP contribution in [0.15, 0.2) is 39.9 Å². The van der Waals surface area contributed by atoms with Crippen LogP contribution in [-0.4, -0.2) is 10.9 Å². The van der Waals surface area contributed by atoms with Crippen LogP contribution in [0.5, 0.6) is 0 Å². The maximum atomic E-state index is 13.2. The number of rotatable bonds is 3. The lowest BCUT2D eigenvalue weighted by molar-refractivity contribution is -0.113. The highest BCUT2D eigenvalue weighted by atomic mass is 19.2. The highest BCUT2D eigenvalue weighted by molar-refractivity contribution is 5.93. The van der Waals surface area contributed by atoms with Crippen molar-refractivity contribution in [2.24, 2.45) is 10.2 Å². The molecule has 0 saturated carbocycles. The molecule has 1 rings (SSSR count). The predicted molar refractivity (Wildman–Crippen MR) is 56.9 cm³/mol. The molecule has 4 nitrogen and oxygen atoms in total. The number of carbonyl (C=O) groups is 1. The zero-order chi connectivity index (χ0) is 13.0. The average Bonchev–Trinajstić information content (AvgIpc) is 2.23. The van der Waals surface area contributed by atoms with E-state index in [0.29, 0.717) is 0 Å². The van der Waals surface area contributed by atoms with Crippen molar-refractivity contribution in [2.45, 2.75) is 13.8 Å². The molecule has 0 heterocycles. The minimum absolute atomic E-state index is 0.298. The first-order valence-electron chi connectivity index (χ1n) is 4.70. The number of benzene rings is 1. The van der Waals surface area contributed by atoms with Gasteiger partial charge in [0.25, 0.3) is 0 Å². The largest absolute Gasteiger partial charge is 0.510 e. The fraction of sp³-hybridized carbons (Fsp3) is 0.182. The normalized spacial score (nSPS) is 12.7. The second-order valence-electron chi connectivity index (χ2n) is 3.26. The van der Waals surface area contributed by atoms with Crippen LogP contribution < -0.4 is 0 Å². The Balaban J connectivity index is 3.10. The van der Waals surface area contributed by atoms with Gasteiger partial charge in [0.1, 0.15) is 11.4 Å². The molecule has 6 heteroatoms. The van der Waals surface area contributed by atoms with Crippen molar-refractivity contribution < 1.29 is 18.7 Å². The molecule has 17 heavy (non-hydrogen) atoms. The van der Waals surface area contributed by atoms with Gasteiger partial charge in [-0.1, -0.05) is 6.07 Å². The van der Waals surface area contributed by atoms with E-state index in [1.54, 1.807) is 0 Å². The molecule has 0 spiro atoms. The summed E-state index contributed by atoms with van der Waals surface area (Å²) in [4.78, 5) is 11.0. The number of azo groups is 1. The molecular weight excluding hydrogens is 230 g/mol. The molecule has 0 atom stereocenters. The molecule has 0 unspecified atom stereocenters. The van der Waals surface area contributed by atoms with Crippen LogP contribution in [0.1, 0.15) is 13.8 Å². The Morgan fingerprint density at radius 1 is 1.29 bits per heavy atom. The summed E-state index contributed by atoms with van der Waals surface area (Å²) in [6.07, 6.45) is 0. The lowest BCUT2D eigenvalue weighted by atomic mass is 10.3. The second-order valence-corrected chi connectivity index (χ2v) is 3.26. The van der Waals surface area contributed by atoms with Gasteiger partial charge >= 0.3 is 0 Å². The summed E-state index contributed by atoms with van der Waals surface area (Å²) < 4.78 is 26.0. The molecule has 90 valence electrons. The molecule has 1 aromatic carbocycles. The lowest BCUT2D eigenvalue weighted by Gasteiger charge is -1.98. The first-order valence-corrected chi connectivity index (χ1v) is 4.70. The SMILES string of the molecule is CC(=O)/C(N=Nc1cccc(F)c1F)=C(/C)O. The van der Waals surface area contributed by atoms with Crippen LogP contribution >= 0.6 is 0 Å². The predicted octanol–water partition coefficient (Wildman–Crippen LogP) is 3.43. The van der Waals surface area contributed by atoms with E-state index in [9.17, 15) is 13.6 Å². The van der Waals surface area contributed by atoms with E-state index < -0.39 is 17.4 Å². The van der Waals surface area contributed by atoms with Crippen molar-refractivity contribution in [3.63, 3.8) is 0 Å². The molecule has 0 aliphatic carbocycles. The molecule has 0 amide bonds. The molecule has 1 N–H and O–H groups in total. The molecule has 0 fully saturated rings. The van der Waals surface area contributed by atoms with Gasteiger partial charge in [-0.05, 0) is 19.1 Å². The number of aliphatic hydroxyl groups excluding tert-OH is 1. The van der Waals surface area contributed by atoms with Gasteiger partial charge in [-0.25, -0.2) is 8.78 Å². The topological polar surface area (TPSA) is 62.0 Å².